The fraction of sp³-hybridized carbons (Fsp3) is 0.455. The van der Waals surface area contributed by atoms with Crippen LogP contribution in [0.15, 0.2) is 24.3 Å². The summed E-state index contributed by atoms with van der Waals surface area (Å²) in [6, 6.07) is 8.85. The molecule has 0 spiro atoms. The Kier molecular flexibility index (Phi) is 1.69. The number of benzene rings is 1. The lowest BCUT2D eigenvalue weighted by Crippen LogP contribution is -2.05. The van der Waals surface area contributed by atoms with Gasteiger partial charge < -0.3 is 0 Å². The fourth-order valence-electron chi connectivity index (χ4n) is 2.00. The van der Waals surface area contributed by atoms with Crippen molar-refractivity contribution in [2.24, 2.45) is 0 Å². The Labute approximate surface area is 68.3 Å². The SMILES string of the molecule is C[C@@H]1CCCc2ccccc21. The van der Waals surface area contributed by atoms with Crippen LogP contribution in [0.5, 0.6) is 0 Å². The number of hydrogen-bond acceptors (Lipinski definition) is 0. The largest absolute Gasteiger partial charge is 0.0620 e. The van der Waals surface area contributed by atoms with Crippen LogP contribution in [0.25, 0.3) is 0 Å². The second-order valence-corrected chi connectivity index (χ2v) is 3.49. The number of fused-ring (bicyclic) bond motifs is 1. The average Bonchev–Trinajstić information content (AvgIpc) is 2.06. The molecule has 0 saturated heterocycles. The lowest BCUT2D eigenvalue weighted by molar-refractivity contribution is 0.590. The third-order valence-electron chi connectivity index (χ3n) is 2.67. The zero-order valence-electron chi connectivity index (χ0n) is 7.01. The first-order chi connectivity index (χ1) is 5.38. The van der Waals surface area contributed by atoms with Gasteiger partial charge in [0, 0.05) is 0 Å². The zero-order valence-corrected chi connectivity index (χ0v) is 7.01. The van der Waals surface area contributed by atoms with Crippen LogP contribution in [0.2, 0.25) is 0 Å². The predicted octanol–water partition coefficient (Wildman–Crippen LogP) is 3.13. The maximum absolute atomic E-state index is 2.33. The molecule has 2 rings (SSSR count). The van der Waals surface area contributed by atoms with Gasteiger partial charge in [-0.2, -0.15) is 0 Å². The van der Waals surface area contributed by atoms with Gasteiger partial charge in [0.15, 0.2) is 0 Å². The molecule has 0 nitrogen and oxygen atoms in total. The molecule has 0 aliphatic heterocycles. The van der Waals surface area contributed by atoms with E-state index in [0.29, 0.717) is 0 Å². The topological polar surface area (TPSA) is 0 Å². The van der Waals surface area contributed by atoms with Crippen molar-refractivity contribution in [2.45, 2.75) is 32.1 Å². The highest BCUT2D eigenvalue weighted by atomic mass is 14.2. The van der Waals surface area contributed by atoms with E-state index in [9.17, 15) is 0 Å². The summed E-state index contributed by atoms with van der Waals surface area (Å²) in [6.07, 6.45) is 4.04. The van der Waals surface area contributed by atoms with E-state index < -0.39 is 0 Å². The summed E-state index contributed by atoms with van der Waals surface area (Å²) in [6.45, 7) is 2.33. The average molecular weight is 146 g/mol. The molecule has 0 N–H and O–H groups in total. The lowest BCUT2D eigenvalue weighted by atomic mass is 9.84. The molecule has 0 saturated carbocycles. The van der Waals surface area contributed by atoms with Crippen molar-refractivity contribution in [1.82, 2.24) is 0 Å². The van der Waals surface area contributed by atoms with Gasteiger partial charge in [-0.05, 0) is 36.3 Å². The summed E-state index contributed by atoms with van der Waals surface area (Å²) < 4.78 is 0. The van der Waals surface area contributed by atoms with Gasteiger partial charge in [-0.3, -0.25) is 0 Å². The first-order valence-corrected chi connectivity index (χ1v) is 4.46. The smallest absolute Gasteiger partial charge is 0.0188 e. The molecule has 58 valence electrons. The molecule has 0 fully saturated rings. The van der Waals surface area contributed by atoms with E-state index in [1.165, 1.54) is 19.3 Å². The molecular formula is C11H14. The summed E-state index contributed by atoms with van der Waals surface area (Å²) in [5.74, 6) is 0.792. The second-order valence-electron chi connectivity index (χ2n) is 3.49. The van der Waals surface area contributed by atoms with E-state index in [1.807, 2.05) is 0 Å². The van der Waals surface area contributed by atoms with Crippen LogP contribution in [-0.2, 0) is 6.42 Å². The summed E-state index contributed by atoms with van der Waals surface area (Å²) in [5, 5.41) is 0. The predicted molar refractivity (Wildman–Crippen MR) is 47.8 cm³/mol. The molecule has 0 heteroatoms. The maximum atomic E-state index is 2.33. The van der Waals surface area contributed by atoms with Gasteiger partial charge in [-0.1, -0.05) is 31.2 Å². The Morgan fingerprint density at radius 2 is 2.09 bits per heavy atom. The van der Waals surface area contributed by atoms with Gasteiger partial charge in [0.25, 0.3) is 0 Å². The summed E-state index contributed by atoms with van der Waals surface area (Å²) in [5.41, 5.74) is 3.16. The Morgan fingerprint density at radius 3 is 2.91 bits per heavy atom. The van der Waals surface area contributed by atoms with Crippen molar-refractivity contribution in [2.75, 3.05) is 0 Å². The van der Waals surface area contributed by atoms with E-state index in [2.05, 4.69) is 31.2 Å². The van der Waals surface area contributed by atoms with E-state index in [0.717, 1.165) is 5.92 Å². The van der Waals surface area contributed by atoms with Crippen LogP contribution >= 0.6 is 0 Å². The second kappa shape index (κ2) is 2.69. The van der Waals surface area contributed by atoms with Gasteiger partial charge in [0.1, 0.15) is 0 Å². The van der Waals surface area contributed by atoms with Gasteiger partial charge in [0.2, 0.25) is 0 Å². The molecule has 0 aromatic heterocycles. The molecule has 1 aromatic rings. The van der Waals surface area contributed by atoms with Crippen LogP contribution in [0, 0.1) is 0 Å². The van der Waals surface area contributed by atoms with Crippen LogP contribution in [0.3, 0.4) is 0 Å². The Hall–Kier alpha value is -0.780. The standard InChI is InChI=1S/C11H14/c1-9-5-4-7-10-6-2-3-8-11(9)10/h2-3,6,8-9H,4-5,7H2,1H3/t9-/m1/s1. The molecule has 0 heterocycles. The number of rotatable bonds is 0. The van der Waals surface area contributed by atoms with Gasteiger partial charge in [-0.15, -0.1) is 0 Å². The minimum absolute atomic E-state index is 0.792. The maximum Gasteiger partial charge on any atom is -0.0188 e. The van der Waals surface area contributed by atoms with Crippen LogP contribution in [0.1, 0.15) is 36.8 Å². The van der Waals surface area contributed by atoms with Crippen LogP contribution in [0.4, 0.5) is 0 Å². The fourth-order valence-corrected chi connectivity index (χ4v) is 2.00. The van der Waals surface area contributed by atoms with Crippen molar-refractivity contribution in [3.63, 3.8) is 0 Å². The Balaban J connectivity index is 2.44. The van der Waals surface area contributed by atoms with E-state index in [-0.39, 0.29) is 0 Å². The molecule has 0 radical (unpaired) electrons. The highest BCUT2D eigenvalue weighted by Crippen LogP contribution is 2.30. The number of aryl methyl sites for hydroxylation is 1. The van der Waals surface area contributed by atoms with E-state index in [4.69, 9.17) is 0 Å². The summed E-state index contributed by atoms with van der Waals surface area (Å²) >= 11 is 0. The molecule has 1 aliphatic rings. The first kappa shape index (κ1) is 6.90. The molecule has 1 aliphatic carbocycles. The molecule has 1 atom stereocenters. The summed E-state index contributed by atoms with van der Waals surface area (Å²) in [4.78, 5) is 0. The molecular weight excluding hydrogens is 132 g/mol. The number of hydrogen-bond donors (Lipinski definition) is 0. The van der Waals surface area contributed by atoms with Crippen LogP contribution < -0.4 is 0 Å². The van der Waals surface area contributed by atoms with E-state index >= 15 is 0 Å². The molecule has 1 aromatic carbocycles. The Bertz CT molecular complexity index is 250. The normalized spacial score (nSPS) is 22.8. The highest BCUT2D eigenvalue weighted by Gasteiger charge is 2.14. The lowest BCUT2D eigenvalue weighted by Gasteiger charge is -2.21. The van der Waals surface area contributed by atoms with Crippen LogP contribution in [-0.4, -0.2) is 0 Å². The van der Waals surface area contributed by atoms with E-state index in [1.54, 1.807) is 11.1 Å². The molecule has 0 unspecified atom stereocenters. The third kappa shape index (κ3) is 1.18. The van der Waals surface area contributed by atoms with Crippen molar-refractivity contribution in [1.29, 1.82) is 0 Å². The van der Waals surface area contributed by atoms with Gasteiger partial charge in [-0.25, -0.2) is 0 Å². The molecule has 0 amide bonds. The van der Waals surface area contributed by atoms with Gasteiger partial charge in [0.05, 0.1) is 0 Å². The zero-order chi connectivity index (χ0) is 7.68. The van der Waals surface area contributed by atoms with Crippen molar-refractivity contribution in [3.8, 4) is 0 Å². The van der Waals surface area contributed by atoms with Crippen molar-refractivity contribution in [3.05, 3.63) is 35.4 Å². The highest BCUT2D eigenvalue weighted by molar-refractivity contribution is 5.31. The quantitative estimate of drug-likeness (QED) is 0.527. The minimum atomic E-state index is 0.792. The summed E-state index contributed by atoms with van der Waals surface area (Å²) in [7, 11) is 0. The minimum Gasteiger partial charge on any atom is -0.0620 e. The van der Waals surface area contributed by atoms with Crippen molar-refractivity contribution >= 4 is 0 Å². The molecule has 11 heavy (non-hydrogen) atoms. The third-order valence-corrected chi connectivity index (χ3v) is 2.67. The van der Waals surface area contributed by atoms with Crippen molar-refractivity contribution < 1.29 is 0 Å². The van der Waals surface area contributed by atoms with Gasteiger partial charge >= 0.3 is 0 Å². The first-order valence-electron chi connectivity index (χ1n) is 4.46. The monoisotopic (exact) mass is 146 g/mol. The molecule has 0 bridgehead atoms. The Morgan fingerprint density at radius 1 is 1.27 bits per heavy atom.